The van der Waals surface area contributed by atoms with E-state index < -0.39 is 0 Å². The molecule has 0 spiro atoms. The lowest BCUT2D eigenvalue weighted by atomic mass is 10.2. The molecule has 0 fully saturated rings. The fourth-order valence-electron chi connectivity index (χ4n) is 0.684. The van der Waals surface area contributed by atoms with Gasteiger partial charge in [0.05, 0.1) is 5.02 Å². The summed E-state index contributed by atoms with van der Waals surface area (Å²) in [5.74, 6) is 0. The Morgan fingerprint density at radius 1 is 1.55 bits per heavy atom. The number of hydrogen-bond donors (Lipinski definition) is 1. The van der Waals surface area contributed by atoms with Crippen molar-refractivity contribution in [2.45, 2.75) is 4.90 Å². The van der Waals surface area contributed by atoms with Crippen molar-refractivity contribution in [3.8, 4) is 0 Å². The van der Waals surface area contributed by atoms with Crippen LogP contribution in [0.2, 0.25) is 5.02 Å². The highest BCUT2D eigenvalue weighted by molar-refractivity contribution is 7.97. The minimum Gasteiger partial charge on any atom is -0.298 e. The molecule has 0 saturated heterocycles. The number of halogens is 1. The Hall–Kier alpha value is -0.510. The summed E-state index contributed by atoms with van der Waals surface area (Å²) in [4.78, 5) is 11.0. The maximum atomic E-state index is 10.3. The highest BCUT2D eigenvalue weighted by Gasteiger charge is 1.99. The van der Waals surface area contributed by atoms with E-state index in [2.05, 4.69) is 0 Å². The lowest BCUT2D eigenvalue weighted by Gasteiger charge is -1.98. The van der Waals surface area contributed by atoms with Gasteiger partial charge in [0.25, 0.3) is 0 Å². The van der Waals surface area contributed by atoms with Gasteiger partial charge in [0.15, 0.2) is 0 Å². The number of carbonyl (C=O) groups excluding carboxylic acids is 1. The van der Waals surface area contributed by atoms with E-state index in [0.29, 0.717) is 10.6 Å². The van der Waals surface area contributed by atoms with E-state index in [-0.39, 0.29) is 0 Å². The first-order valence-corrected chi connectivity index (χ1v) is 4.15. The summed E-state index contributed by atoms with van der Waals surface area (Å²) >= 11 is 6.77. The molecular formula is C7H6ClNOS. The van der Waals surface area contributed by atoms with Crippen LogP contribution in [0.3, 0.4) is 0 Å². The van der Waals surface area contributed by atoms with E-state index >= 15 is 0 Å². The molecule has 11 heavy (non-hydrogen) atoms. The van der Waals surface area contributed by atoms with Gasteiger partial charge in [0, 0.05) is 10.5 Å². The van der Waals surface area contributed by atoms with Crippen molar-refractivity contribution in [3.63, 3.8) is 0 Å². The molecular weight excluding hydrogens is 182 g/mol. The van der Waals surface area contributed by atoms with E-state index in [0.717, 1.165) is 23.1 Å². The van der Waals surface area contributed by atoms with Crippen LogP contribution in [-0.4, -0.2) is 6.29 Å². The summed E-state index contributed by atoms with van der Waals surface area (Å²) < 4.78 is 0. The predicted octanol–water partition coefficient (Wildman–Crippen LogP) is 2.12. The minimum atomic E-state index is 0.572. The second-order valence-corrected chi connectivity index (χ2v) is 3.01. The lowest BCUT2D eigenvalue weighted by Crippen LogP contribution is -1.84. The van der Waals surface area contributed by atoms with Gasteiger partial charge < -0.3 is 0 Å². The van der Waals surface area contributed by atoms with Crippen LogP contribution < -0.4 is 5.14 Å². The van der Waals surface area contributed by atoms with E-state index in [4.69, 9.17) is 16.7 Å². The van der Waals surface area contributed by atoms with Gasteiger partial charge in [-0.2, -0.15) is 0 Å². The van der Waals surface area contributed by atoms with Crippen LogP contribution in [0.25, 0.3) is 0 Å². The fourth-order valence-corrected chi connectivity index (χ4v) is 1.32. The first-order valence-electron chi connectivity index (χ1n) is 2.89. The zero-order valence-electron chi connectivity index (χ0n) is 5.58. The van der Waals surface area contributed by atoms with Crippen molar-refractivity contribution in [1.29, 1.82) is 0 Å². The number of rotatable bonds is 2. The van der Waals surface area contributed by atoms with Gasteiger partial charge >= 0.3 is 0 Å². The lowest BCUT2D eigenvalue weighted by molar-refractivity contribution is 0.112. The largest absolute Gasteiger partial charge is 0.298 e. The van der Waals surface area contributed by atoms with Gasteiger partial charge in [-0.05, 0) is 24.1 Å². The molecule has 1 rings (SSSR count). The molecule has 0 aliphatic carbocycles. The average molecular weight is 188 g/mol. The summed E-state index contributed by atoms with van der Waals surface area (Å²) in [6.45, 7) is 0. The highest BCUT2D eigenvalue weighted by Crippen LogP contribution is 2.23. The summed E-state index contributed by atoms with van der Waals surface area (Å²) in [6, 6.07) is 4.95. The summed E-state index contributed by atoms with van der Waals surface area (Å²) in [6.07, 6.45) is 0.760. The smallest absolute Gasteiger partial charge is 0.150 e. The third-order valence-corrected chi connectivity index (χ3v) is 2.25. The molecule has 4 heteroatoms. The maximum absolute atomic E-state index is 10.3. The Kier molecular flexibility index (Phi) is 2.93. The van der Waals surface area contributed by atoms with Gasteiger partial charge in [-0.1, -0.05) is 17.7 Å². The molecule has 0 aromatic heterocycles. The van der Waals surface area contributed by atoms with Gasteiger partial charge in [-0.25, -0.2) is 0 Å². The third-order valence-electron chi connectivity index (χ3n) is 1.22. The summed E-state index contributed by atoms with van der Waals surface area (Å²) in [5.41, 5.74) is 0.586. The maximum Gasteiger partial charge on any atom is 0.150 e. The van der Waals surface area contributed by atoms with Gasteiger partial charge in [-0.15, -0.1) is 0 Å². The van der Waals surface area contributed by atoms with Crippen molar-refractivity contribution >= 4 is 29.8 Å². The molecule has 0 radical (unpaired) electrons. The number of nitrogens with two attached hydrogens (primary N) is 1. The van der Waals surface area contributed by atoms with Gasteiger partial charge in [0.1, 0.15) is 6.29 Å². The van der Waals surface area contributed by atoms with Crippen LogP contribution in [0.15, 0.2) is 23.1 Å². The molecule has 2 N–H and O–H groups in total. The molecule has 1 aromatic carbocycles. The Bertz CT molecular complexity index is 277. The van der Waals surface area contributed by atoms with Crippen molar-refractivity contribution in [3.05, 3.63) is 28.8 Å². The first kappa shape index (κ1) is 8.59. The van der Waals surface area contributed by atoms with Gasteiger partial charge in [0.2, 0.25) is 0 Å². The second kappa shape index (κ2) is 3.76. The van der Waals surface area contributed by atoms with Gasteiger partial charge in [-0.3, -0.25) is 9.93 Å². The molecule has 0 saturated carbocycles. The van der Waals surface area contributed by atoms with Crippen molar-refractivity contribution < 1.29 is 4.79 Å². The van der Waals surface area contributed by atoms with Crippen molar-refractivity contribution in [2.24, 2.45) is 5.14 Å². The molecule has 0 atom stereocenters. The Morgan fingerprint density at radius 3 is 2.82 bits per heavy atom. The van der Waals surface area contributed by atoms with Crippen LogP contribution in [0.1, 0.15) is 10.4 Å². The number of benzene rings is 1. The van der Waals surface area contributed by atoms with E-state index in [1.807, 2.05) is 0 Å². The Labute approximate surface area is 73.9 Å². The molecule has 0 unspecified atom stereocenters. The zero-order valence-corrected chi connectivity index (χ0v) is 7.15. The quantitative estimate of drug-likeness (QED) is 0.570. The summed E-state index contributed by atoms with van der Waals surface area (Å²) in [7, 11) is 0. The highest BCUT2D eigenvalue weighted by atomic mass is 35.5. The first-order chi connectivity index (χ1) is 5.27. The van der Waals surface area contributed by atoms with Crippen LogP contribution in [-0.2, 0) is 0 Å². The number of hydrogen-bond acceptors (Lipinski definition) is 3. The molecule has 58 valence electrons. The van der Waals surface area contributed by atoms with E-state index in [1.54, 1.807) is 18.2 Å². The number of carbonyl (C=O) groups is 1. The molecule has 2 nitrogen and oxygen atoms in total. The summed E-state index contributed by atoms with van der Waals surface area (Å²) in [5, 5.41) is 5.86. The monoisotopic (exact) mass is 187 g/mol. The Morgan fingerprint density at radius 2 is 2.27 bits per heavy atom. The minimum absolute atomic E-state index is 0.572. The van der Waals surface area contributed by atoms with Crippen LogP contribution >= 0.6 is 23.5 Å². The molecule has 0 amide bonds. The average Bonchev–Trinajstić information content (AvgIpc) is 2.05. The zero-order chi connectivity index (χ0) is 8.27. The predicted molar refractivity (Wildman–Crippen MR) is 46.9 cm³/mol. The third kappa shape index (κ3) is 1.96. The normalized spacial score (nSPS) is 9.64. The Balaban J connectivity index is 3.12. The van der Waals surface area contributed by atoms with Crippen LogP contribution in [0.5, 0.6) is 0 Å². The SMILES string of the molecule is NSc1cc(C=O)ccc1Cl. The van der Waals surface area contributed by atoms with Crippen LogP contribution in [0, 0.1) is 0 Å². The topological polar surface area (TPSA) is 43.1 Å². The molecule has 0 aliphatic rings. The standard InChI is InChI=1S/C7H6ClNOS/c8-6-2-1-5(4-10)3-7(6)11-9/h1-4H,9H2. The van der Waals surface area contributed by atoms with E-state index in [9.17, 15) is 4.79 Å². The number of aldehydes is 1. The fraction of sp³-hybridized carbons (Fsp3) is 0. The molecule has 1 aromatic rings. The van der Waals surface area contributed by atoms with Crippen molar-refractivity contribution in [2.75, 3.05) is 0 Å². The molecule has 0 aliphatic heterocycles. The molecule has 0 bridgehead atoms. The van der Waals surface area contributed by atoms with E-state index in [1.165, 1.54) is 0 Å². The molecule has 0 heterocycles. The second-order valence-electron chi connectivity index (χ2n) is 1.93. The van der Waals surface area contributed by atoms with Crippen LogP contribution in [0.4, 0.5) is 0 Å². The van der Waals surface area contributed by atoms with Crippen molar-refractivity contribution in [1.82, 2.24) is 0 Å².